The average Bonchev–Trinajstić information content (AvgIpc) is 2.34. The third-order valence-corrected chi connectivity index (χ3v) is 2.85. The molecule has 1 aliphatic rings. The minimum Gasteiger partial charge on any atom is -0.453 e. The van der Waals surface area contributed by atoms with Gasteiger partial charge in [0.1, 0.15) is 0 Å². The van der Waals surface area contributed by atoms with Crippen molar-refractivity contribution in [3.63, 3.8) is 0 Å². The molecule has 90 valence electrons. The van der Waals surface area contributed by atoms with Crippen molar-refractivity contribution in [1.82, 2.24) is 0 Å². The van der Waals surface area contributed by atoms with Crippen LogP contribution < -0.4 is 10.2 Å². The predicted molar refractivity (Wildman–Crippen MR) is 64.2 cm³/mol. The first kappa shape index (κ1) is 11.4. The molecule has 0 atom stereocenters. The van der Waals surface area contributed by atoms with Crippen molar-refractivity contribution in [3.05, 3.63) is 23.8 Å². The maximum atomic E-state index is 11.5. The number of benzene rings is 1. The lowest BCUT2D eigenvalue weighted by atomic mass is 10.0. The maximum absolute atomic E-state index is 11.5. The number of nitrogens with zero attached hydrogens (tertiary/aromatic N) is 1. The van der Waals surface area contributed by atoms with E-state index in [1.165, 1.54) is 7.11 Å². The Labute approximate surface area is 99.4 Å². The number of methoxy groups -OCH3 is 1. The molecule has 0 radical (unpaired) electrons. The summed E-state index contributed by atoms with van der Waals surface area (Å²) in [5.74, 6) is 0.117. The zero-order chi connectivity index (χ0) is 12.4. The van der Waals surface area contributed by atoms with E-state index in [4.69, 9.17) is 0 Å². The zero-order valence-electron chi connectivity index (χ0n) is 9.82. The van der Waals surface area contributed by atoms with Crippen LogP contribution in [0.4, 0.5) is 16.2 Å². The van der Waals surface area contributed by atoms with Gasteiger partial charge in [-0.25, -0.2) is 4.79 Å². The minimum absolute atomic E-state index is 0.117. The van der Waals surface area contributed by atoms with Gasteiger partial charge in [-0.1, -0.05) is 0 Å². The van der Waals surface area contributed by atoms with Crippen molar-refractivity contribution in [2.45, 2.75) is 12.8 Å². The van der Waals surface area contributed by atoms with Crippen LogP contribution in [0.2, 0.25) is 0 Å². The Hall–Kier alpha value is -2.04. The normalized spacial score (nSPS) is 14.2. The molecule has 0 saturated heterocycles. The van der Waals surface area contributed by atoms with Gasteiger partial charge in [0.2, 0.25) is 5.91 Å². The first-order chi connectivity index (χ1) is 8.11. The van der Waals surface area contributed by atoms with Crippen molar-refractivity contribution in [3.8, 4) is 0 Å². The second kappa shape index (κ2) is 4.45. The van der Waals surface area contributed by atoms with E-state index in [0.717, 1.165) is 11.3 Å². The van der Waals surface area contributed by atoms with Gasteiger partial charge in [-0.05, 0) is 30.2 Å². The summed E-state index contributed by atoms with van der Waals surface area (Å²) in [6.07, 6.45) is 0.714. The van der Waals surface area contributed by atoms with E-state index in [2.05, 4.69) is 10.1 Å². The molecule has 1 aromatic rings. The third-order valence-electron chi connectivity index (χ3n) is 2.85. The highest BCUT2D eigenvalue weighted by Crippen LogP contribution is 2.29. The molecule has 5 nitrogen and oxygen atoms in total. The summed E-state index contributed by atoms with van der Waals surface area (Å²) in [7, 11) is 3.08. The molecule has 1 N–H and O–H groups in total. The van der Waals surface area contributed by atoms with E-state index >= 15 is 0 Å². The molecule has 0 aliphatic carbocycles. The number of carbonyl (C=O) groups is 2. The number of aryl methyl sites for hydroxylation is 1. The summed E-state index contributed by atoms with van der Waals surface area (Å²) < 4.78 is 4.52. The fourth-order valence-corrected chi connectivity index (χ4v) is 1.90. The number of anilines is 2. The number of amides is 2. The zero-order valence-corrected chi connectivity index (χ0v) is 9.82. The second-order valence-electron chi connectivity index (χ2n) is 3.91. The lowest BCUT2D eigenvalue weighted by Gasteiger charge is -2.26. The van der Waals surface area contributed by atoms with Crippen molar-refractivity contribution < 1.29 is 14.3 Å². The number of fused-ring (bicyclic) bond motifs is 1. The monoisotopic (exact) mass is 234 g/mol. The largest absolute Gasteiger partial charge is 0.453 e. The van der Waals surface area contributed by atoms with E-state index in [0.29, 0.717) is 18.5 Å². The lowest BCUT2D eigenvalue weighted by molar-refractivity contribution is -0.118. The molecule has 0 unspecified atom stereocenters. The minimum atomic E-state index is -0.495. The van der Waals surface area contributed by atoms with E-state index in [1.54, 1.807) is 18.0 Å². The standard InChI is InChI=1S/C12H14N2O3/c1-14-10-5-4-9(13-12(16)17-2)7-8(10)3-6-11(14)15/h4-5,7H,3,6H2,1-2H3,(H,13,16). The number of rotatable bonds is 1. The summed E-state index contributed by atoms with van der Waals surface area (Å²) in [4.78, 5) is 24.2. The molecule has 0 saturated carbocycles. The Bertz CT molecular complexity index is 471. The summed E-state index contributed by atoms with van der Waals surface area (Å²) in [6, 6.07) is 5.46. The van der Waals surface area contributed by atoms with Gasteiger partial charge in [0.05, 0.1) is 7.11 Å². The van der Waals surface area contributed by atoms with Crippen LogP contribution in [-0.2, 0) is 16.0 Å². The van der Waals surface area contributed by atoms with Crippen LogP contribution in [0, 0.1) is 0 Å². The molecule has 0 fully saturated rings. The molecule has 2 rings (SSSR count). The Balaban J connectivity index is 2.26. The highest BCUT2D eigenvalue weighted by atomic mass is 16.5. The predicted octanol–water partition coefficient (Wildman–Crippen LogP) is 1.77. The third kappa shape index (κ3) is 2.22. The van der Waals surface area contributed by atoms with Crippen LogP contribution in [0.1, 0.15) is 12.0 Å². The number of hydrogen-bond donors (Lipinski definition) is 1. The highest BCUT2D eigenvalue weighted by molar-refractivity contribution is 5.96. The van der Waals surface area contributed by atoms with Crippen molar-refractivity contribution >= 4 is 23.4 Å². The summed E-state index contributed by atoms with van der Waals surface area (Å²) in [5, 5.41) is 2.60. The Morgan fingerprint density at radius 3 is 2.88 bits per heavy atom. The van der Waals surface area contributed by atoms with Crippen molar-refractivity contribution in [2.75, 3.05) is 24.4 Å². The summed E-state index contributed by atoms with van der Waals surface area (Å²) >= 11 is 0. The molecular formula is C12H14N2O3. The fraction of sp³-hybridized carbons (Fsp3) is 0.333. The van der Waals surface area contributed by atoms with E-state index in [1.807, 2.05) is 12.1 Å². The van der Waals surface area contributed by atoms with Gasteiger partial charge in [0.25, 0.3) is 0 Å². The van der Waals surface area contributed by atoms with Crippen molar-refractivity contribution in [2.24, 2.45) is 0 Å². The Morgan fingerprint density at radius 1 is 1.41 bits per heavy atom. The first-order valence-electron chi connectivity index (χ1n) is 5.36. The van der Waals surface area contributed by atoms with E-state index < -0.39 is 6.09 Å². The lowest BCUT2D eigenvalue weighted by Crippen LogP contribution is -2.31. The van der Waals surface area contributed by atoms with Crippen molar-refractivity contribution in [1.29, 1.82) is 0 Å². The fourth-order valence-electron chi connectivity index (χ4n) is 1.90. The Morgan fingerprint density at radius 2 is 2.18 bits per heavy atom. The van der Waals surface area contributed by atoms with Crippen LogP contribution >= 0.6 is 0 Å². The van der Waals surface area contributed by atoms with Gasteiger partial charge in [0, 0.05) is 24.8 Å². The van der Waals surface area contributed by atoms with Gasteiger partial charge in [-0.15, -0.1) is 0 Å². The van der Waals surface area contributed by atoms with E-state index in [9.17, 15) is 9.59 Å². The average molecular weight is 234 g/mol. The molecule has 2 amide bonds. The molecule has 0 bridgehead atoms. The van der Waals surface area contributed by atoms with Gasteiger partial charge in [-0.2, -0.15) is 0 Å². The first-order valence-corrected chi connectivity index (χ1v) is 5.36. The highest BCUT2D eigenvalue weighted by Gasteiger charge is 2.20. The number of nitrogens with one attached hydrogen (secondary N) is 1. The molecule has 1 heterocycles. The molecule has 0 spiro atoms. The summed E-state index contributed by atoms with van der Waals surface area (Å²) in [5.41, 5.74) is 2.64. The molecule has 1 aromatic carbocycles. The van der Waals surface area contributed by atoms with Crippen LogP contribution in [0.3, 0.4) is 0 Å². The second-order valence-corrected chi connectivity index (χ2v) is 3.91. The summed E-state index contributed by atoms with van der Waals surface area (Å²) in [6.45, 7) is 0. The molecule has 0 aromatic heterocycles. The smallest absolute Gasteiger partial charge is 0.411 e. The van der Waals surface area contributed by atoms with Crippen LogP contribution in [0.25, 0.3) is 0 Å². The topological polar surface area (TPSA) is 58.6 Å². The van der Waals surface area contributed by atoms with Gasteiger partial charge in [-0.3, -0.25) is 10.1 Å². The number of carbonyl (C=O) groups excluding carboxylic acids is 2. The van der Waals surface area contributed by atoms with E-state index in [-0.39, 0.29) is 5.91 Å². The molecule has 1 aliphatic heterocycles. The van der Waals surface area contributed by atoms with Gasteiger partial charge < -0.3 is 9.64 Å². The molecule has 17 heavy (non-hydrogen) atoms. The maximum Gasteiger partial charge on any atom is 0.411 e. The van der Waals surface area contributed by atoms with Gasteiger partial charge in [0.15, 0.2) is 0 Å². The molecule has 5 heteroatoms. The van der Waals surface area contributed by atoms with Crippen LogP contribution in [0.15, 0.2) is 18.2 Å². The quantitative estimate of drug-likeness (QED) is 0.805. The number of hydrogen-bond acceptors (Lipinski definition) is 3. The number of ether oxygens (including phenoxy) is 1. The van der Waals surface area contributed by atoms with Crippen LogP contribution in [-0.4, -0.2) is 26.2 Å². The molecular weight excluding hydrogens is 220 g/mol. The van der Waals surface area contributed by atoms with Gasteiger partial charge >= 0.3 is 6.09 Å². The SMILES string of the molecule is COC(=O)Nc1ccc2c(c1)CCC(=O)N2C. The van der Waals surface area contributed by atoms with Crippen LogP contribution in [0.5, 0.6) is 0 Å². The Kier molecular flexibility index (Phi) is 2.99.